The summed E-state index contributed by atoms with van der Waals surface area (Å²) in [6, 6.07) is 5.85. The van der Waals surface area contributed by atoms with Gasteiger partial charge in [0.1, 0.15) is 5.52 Å². The van der Waals surface area contributed by atoms with Gasteiger partial charge in [-0.25, -0.2) is 0 Å². The van der Waals surface area contributed by atoms with Crippen LogP contribution in [0.3, 0.4) is 0 Å². The lowest BCUT2D eigenvalue weighted by Gasteiger charge is -2.05. The van der Waals surface area contributed by atoms with Crippen molar-refractivity contribution < 1.29 is 13.9 Å². The number of hydrogen-bond acceptors (Lipinski definition) is 5. The van der Waals surface area contributed by atoms with E-state index in [0.717, 1.165) is 6.42 Å². The molecule has 1 N–H and O–H groups in total. The van der Waals surface area contributed by atoms with E-state index in [1.165, 1.54) is 0 Å². The number of aromatic nitrogens is 1. The van der Waals surface area contributed by atoms with E-state index >= 15 is 0 Å². The second-order valence-corrected chi connectivity index (χ2v) is 4.65. The minimum Gasteiger partial charge on any atom is -0.423 e. The van der Waals surface area contributed by atoms with E-state index in [-0.39, 0.29) is 5.91 Å². The van der Waals surface area contributed by atoms with Gasteiger partial charge in [0.2, 0.25) is 0 Å². The number of fused-ring (bicyclic) bond motifs is 1. The average Bonchev–Trinajstić information content (AvgIpc) is 2.87. The topological polar surface area (TPSA) is 67.6 Å². The van der Waals surface area contributed by atoms with Crippen LogP contribution < -0.4 is 10.2 Å². The predicted octanol–water partition coefficient (Wildman–Crippen LogP) is 1.66. The SMILES string of the molecule is COCCCNC(=O)c1cccc2nc(N(C)C)oc12. The summed E-state index contributed by atoms with van der Waals surface area (Å²) >= 11 is 0. The maximum absolute atomic E-state index is 12.1. The molecule has 0 bridgehead atoms. The molecule has 2 aromatic rings. The van der Waals surface area contributed by atoms with Crippen molar-refractivity contribution >= 4 is 23.0 Å². The largest absolute Gasteiger partial charge is 0.423 e. The Balaban J connectivity index is 2.18. The first kappa shape index (κ1) is 14.3. The third kappa shape index (κ3) is 3.08. The molecule has 20 heavy (non-hydrogen) atoms. The molecule has 1 heterocycles. The van der Waals surface area contributed by atoms with Gasteiger partial charge in [-0.3, -0.25) is 4.79 Å². The minimum absolute atomic E-state index is 0.159. The van der Waals surface area contributed by atoms with Gasteiger partial charge < -0.3 is 19.4 Å². The van der Waals surface area contributed by atoms with Crippen LogP contribution in [0.5, 0.6) is 0 Å². The third-order valence-electron chi connectivity index (χ3n) is 2.84. The Labute approximate surface area is 117 Å². The van der Waals surface area contributed by atoms with E-state index in [1.54, 1.807) is 24.1 Å². The second-order valence-electron chi connectivity index (χ2n) is 4.65. The Kier molecular flexibility index (Phi) is 4.57. The van der Waals surface area contributed by atoms with Gasteiger partial charge in [-0.1, -0.05) is 6.07 Å². The molecule has 0 radical (unpaired) electrons. The van der Waals surface area contributed by atoms with Crippen molar-refractivity contribution in [3.63, 3.8) is 0 Å². The molecule has 108 valence electrons. The first-order valence-electron chi connectivity index (χ1n) is 6.47. The number of carbonyl (C=O) groups is 1. The number of para-hydroxylation sites is 1. The summed E-state index contributed by atoms with van der Waals surface area (Å²) in [6.45, 7) is 1.19. The Morgan fingerprint density at radius 2 is 2.25 bits per heavy atom. The maximum Gasteiger partial charge on any atom is 0.297 e. The number of oxazole rings is 1. The zero-order valence-corrected chi connectivity index (χ0v) is 12.0. The molecule has 0 fully saturated rings. The zero-order valence-electron chi connectivity index (χ0n) is 12.0. The fourth-order valence-electron chi connectivity index (χ4n) is 1.82. The van der Waals surface area contributed by atoms with Gasteiger partial charge in [0, 0.05) is 34.4 Å². The molecule has 6 heteroatoms. The quantitative estimate of drug-likeness (QED) is 0.813. The lowest BCUT2D eigenvalue weighted by molar-refractivity contribution is 0.0949. The van der Waals surface area contributed by atoms with Gasteiger partial charge in [-0.15, -0.1) is 0 Å². The van der Waals surface area contributed by atoms with Crippen molar-refractivity contribution in [1.82, 2.24) is 10.3 Å². The second kappa shape index (κ2) is 6.38. The summed E-state index contributed by atoms with van der Waals surface area (Å²) in [7, 11) is 5.32. The number of ether oxygens (including phenoxy) is 1. The molecular weight excluding hydrogens is 258 g/mol. The Morgan fingerprint density at radius 1 is 1.45 bits per heavy atom. The maximum atomic E-state index is 12.1. The molecule has 1 amide bonds. The molecular formula is C14H19N3O3. The molecule has 0 saturated carbocycles. The van der Waals surface area contributed by atoms with Crippen LogP contribution in [0.1, 0.15) is 16.8 Å². The highest BCUT2D eigenvalue weighted by Gasteiger charge is 2.15. The standard InChI is InChI=1S/C14H19N3O3/c1-17(2)14-16-11-7-4-6-10(12(11)20-14)13(18)15-8-5-9-19-3/h4,6-7H,5,8-9H2,1-3H3,(H,15,18). The third-order valence-corrected chi connectivity index (χ3v) is 2.84. The fourth-order valence-corrected chi connectivity index (χ4v) is 1.82. The minimum atomic E-state index is -0.159. The van der Waals surface area contributed by atoms with Crippen molar-refractivity contribution in [3.8, 4) is 0 Å². The summed E-state index contributed by atoms with van der Waals surface area (Å²) in [5.41, 5.74) is 1.69. The van der Waals surface area contributed by atoms with Gasteiger partial charge in [0.05, 0.1) is 5.56 Å². The Morgan fingerprint density at radius 3 is 2.95 bits per heavy atom. The number of benzene rings is 1. The van der Waals surface area contributed by atoms with E-state index in [2.05, 4.69) is 10.3 Å². The first-order valence-corrected chi connectivity index (χ1v) is 6.47. The lowest BCUT2D eigenvalue weighted by atomic mass is 10.2. The fraction of sp³-hybridized carbons (Fsp3) is 0.429. The van der Waals surface area contributed by atoms with Gasteiger partial charge in [-0.05, 0) is 18.6 Å². The van der Waals surface area contributed by atoms with Crippen LogP contribution in [0.4, 0.5) is 6.01 Å². The monoisotopic (exact) mass is 277 g/mol. The summed E-state index contributed by atoms with van der Waals surface area (Å²) in [5, 5.41) is 2.84. The predicted molar refractivity (Wildman–Crippen MR) is 77.2 cm³/mol. The summed E-state index contributed by atoms with van der Waals surface area (Å²) in [6.07, 6.45) is 0.775. The molecule has 2 rings (SSSR count). The van der Waals surface area contributed by atoms with E-state index in [9.17, 15) is 4.79 Å². The van der Waals surface area contributed by atoms with Crippen LogP contribution in [0, 0.1) is 0 Å². The van der Waals surface area contributed by atoms with Crippen molar-refractivity contribution in [2.24, 2.45) is 0 Å². The molecule has 6 nitrogen and oxygen atoms in total. The van der Waals surface area contributed by atoms with Crippen LogP contribution in [-0.2, 0) is 4.74 Å². The smallest absolute Gasteiger partial charge is 0.297 e. The number of hydrogen-bond donors (Lipinski definition) is 1. The lowest BCUT2D eigenvalue weighted by Crippen LogP contribution is -2.25. The molecule has 0 spiro atoms. The van der Waals surface area contributed by atoms with Crippen LogP contribution in [-0.4, -0.2) is 45.2 Å². The Bertz CT molecular complexity index is 592. The van der Waals surface area contributed by atoms with E-state index in [0.29, 0.717) is 35.8 Å². The number of amides is 1. The van der Waals surface area contributed by atoms with Crippen LogP contribution >= 0.6 is 0 Å². The summed E-state index contributed by atoms with van der Waals surface area (Å²) in [5.74, 6) is -0.159. The Hall–Kier alpha value is -2.08. The first-order chi connectivity index (χ1) is 9.63. The summed E-state index contributed by atoms with van der Waals surface area (Å²) < 4.78 is 10.6. The molecule has 0 aliphatic heterocycles. The van der Waals surface area contributed by atoms with E-state index < -0.39 is 0 Å². The van der Waals surface area contributed by atoms with E-state index in [4.69, 9.17) is 9.15 Å². The number of nitrogens with zero attached hydrogens (tertiary/aromatic N) is 2. The molecule has 0 aliphatic carbocycles. The highest BCUT2D eigenvalue weighted by molar-refractivity contribution is 6.04. The zero-order chi connectivity index (χ0) is 14.5. The molecule has 0 unspecified atom stereocenters. The highest BCUT2D eigenvalue weighted by atomic mass is 16.5. The number of carbonyl (C=O) groups excluding carboxylic acids is 1. The van der Waals surface area contributed by atoms with Crippen molar-refractivity contribution in [2.75, 3.05) is 39.3 Å². The normalized spacial score (nSPS) is 10.8. The van der Waals surface area contributed by atoms with E-state index in [1.807, 2.05) is 20.2 Å². The molecule has 1 aromatic carbocycles. The number of rotatable bonds is 6. The molecule has 0 atom stereocenters. The van der Waals surface area contributed by atoms with Crippen molar-refractivity contribution in [3.05, 3.63) is 23.8 Å². The highest BCUT2D eigenvalue weighted by Crippen LogP contribution is 2.23. The number of methoxy groups -OCH3 is 1. The van der Waals surface area contributed by atoms with Gasteiger partial charge in [0.25, 0.3) is 11.9 Å². The van der Waals surface area contributed by atoms with Crippen molar-refractivity contribution in [1.29, 1.82) is 0 Å². The van der Waals surface area contributed by atoms with Crippen LogP contribution in [0.2, 0.25) is 0 Å². The summed E-state index contributed by atoms with van der Waals surface area (Å²) in [4.78, 5) is 18.2. The molecule has 0 aliphatic rings. The van der Waals surface area contributed by atoms with Crippen LogP contribution in [0.25, 0.3) is 11.1 Å². The van der Waals surface area contributed by atoms with Crippen LogP contribution in [0.15, 0.2) is 22.6 Å². The number of nitrogens with one attached hydrogen (secondary N) is 1. The average molecular weight is 277 g/mol. The molecule has 1 aromatic heterocycles. The van der Waals surface area contributed by atoms with Gasteiger partial charge in [0.15, 0.2) is 5.58 Å². The van der Waals surface area contributed by atoms with Gasteiger partial charge >= 0.3 is 0 Å². The van der Waals surface area contributed by atoms with Crippen molar-refractivity contribution in [2.45, 2.75) is 6.42 Å². The van der Waals surface area contributed by atoms with Gasteiger partial charge in [-0.2, -0.15) is 4.98 Å². The molecule has 0 saturated heterocycles. The number of anilines is 1.